The number of rotatable bonds is 5. The quantitative estimate of drug-likeness (QED) is 0.719. The Balaban J connectivity index is 1.72. The topological polar surface area (TPSA) is 125 Å². The first-order valence-electron chi connectivity index (χ1n) is 7.47. The van der Waals surface area contributed by atoms with Crippen molar-refractivity contribution in [2.75, 3.05) is 23.1 Å². The second-order valence-corrected chi connectivity index (χ2v) is 8.02. The highest BCUT2D eigenvalue weighted by Gasteiger charge is 2.26. The van der Waals surface area contributed by atoms with E-state index in [0.717, 1.165) is 0 Å². The lowest BCUT2D eigenvalue weighted by Crippen LogP contribution is -2.30. The van der Waals surface area contributed by atoms with E-state index in [4.69, 9.17) is 5.11 Å². The van der Waals surface area contributed by atoms with Crippen LogP contribution in [0.5, 0.6) is 0 Å². The third kappa shape index (κ3) is 3.99. The molecule has 11 heteroatoms. The summed E-state index contributed by atoms with van der Waals surface area (Å²) >= 11 is 1.29. The summed E-state index contributed by atoms with van der Waals surface area (Å²) in [4.78, 5) is 20.2. The Morgan fingerprint density at radius 2 is 2.24 bits per heavy atom. The third-order valence-electron chi connectivity index (χ3n) is 3.85. The van der Waals surface area contributed by atoms with Gasteiger partial charge in [-0.2, -0.15) is 8.42 Å². The van der Waals surface area contributed by atoms with Gasteiger partial charge in [-0.05, 0) is 25.0 Å². The Hall–Kier alpha value is -2.40. The van der Waals surface area contributed by atoms with Gasteiger partial charge >= 0.3 is 6.09 Å². The van der Waals surface area contributed by atoms with Gasteiger partial charge in [0.15, 0.2) is 10.8 Å². The molecule has 0 aliphatic carbocycles. The van der Waals surface area contributed by atoms with Crippen LogP contribution in [0.3, 0.4) is 0 Å². The molecule has 25 heavy (non-hydrogen) atoms. The SMILES string of the molecule is Cc1cc(S(=O)(=O)Nc2cscn2)ncc1NC1CCN(C(=O)O)C1. The number of nitrogens with one attached hydrogen (secondary N) is 2. The fourth-order valence-corrected chi connectivity index (χ4v) is 4.13. The molecule has 2 aromatic heterocycles. The monoisotopic (exact) mass is 383 g/mol. The molecule has 0 spiro atoms. The molecule has 1 amide bonds. The zero-order chi connectivity index (χ0) is 18.0. The number of carbonyl (C=O) groups is 1. The van der Waals surface area contributed by atoms with Gasteiger partial charge in [0.25, 0.3) is 10.0 Å². The van der Waals surface area contributed by atoms with Crippen molar-refractivity contribution in [2.24, 2.45) is 0 Å². The Morgan fingerprint density at radius 1 is 1.44 bits per heavy atom. The molecule has 2 aromatic rings. The summed E-state index contributed by atoms with van der Waals surface area (Å²) in [6, 6.07) is 1.45. The molecule has 134 valence electrons. The summed E-state index contributed by atoms with van der Waals surface area (Å²) in [5, 5.41) is 13.7. The lowest BCUT2D eigenvalue weighted by molar-refractivity contribution is 0.155. The molecule has 1 aliphatic rings. The van der Waals surface area contributed by atoms with Crippen LogP contribution in [0.1, 0.15) is 12.0 Å². The fraction of sp³-hybridized carbons (Fsp3) is 0.357. The summed E-state index contributed by atoms with van der Waals surface area (Å²) in [6.45, 7) is 2.64. The zero-order valence-corrected chi connectivity index (χ0v) is 15.0. The summed E-state index contributed by atoms with van der Waals surface area (Å²) in [5.41, 5.74) is 2.93. The highest BCUT2D eigenvalue weighted by Crippen LogP contribution is 2.22. The number of aryl methyl sites for hydroxylation is 1. The number of nitrogens with zero attached hydrogens (tertiary/aromatic N) is 3. The number of sulfonamides is 1. The minimum absolute atomic E-state index is 0.0211. The lowest BCUT2D eigenvalue weighted by Gasteiger charge is -2.17. The van der Waals surface area contributed by atoms with Gasteiger partial charge in [-0.25, -0.2) is 14.8 Å². The number of hydrogen-bond acceptors (Lipinski definition) is 7. The van der Waals surface area contributed by atoms with Crippen molar-refractivity contribution in [3.63, 3.8) is 0 Å². The van der Waals surface area contributed by atoms with Crippen LogP contribution < -0.4 is 10.0 Å². The first-order valence-corrected chi connectivity index (χ1v) is 9.90. The van der Waals surface area contributed by atoms with Gasteiger partial charge in [-0.15, -0.1) is 11.3 Å². The molecule has 1 atom stereocenters. The maximum atomic E-state index is 12.3. The van der Waals surface area contributed by atoms with Gasteiger partial charge in [-0.1, -0.05) is 0 Å². The Bertz CT molecular complexity index is 869. The van der Waals surface area contributed by atoms with E-state index in [-0.39, 0.29) is 16.9 Å². The van der Waals surface area contributed by atoms with E-state index in [1.807, 2.05) is 0 Å². The van der Waals surface area contributed by atoms with E-state index < -0.39 is 16.1 Å². The lowest BCUT2D eigenvalue weighted by atomic mass is 10.2. The largest absolute Gasteiger partial charge is 0.465 e. The Kier molecular flexibility index (Phi) is 4.77. The van der Waals surface area contributed by atoms with Crippen LogP contribution in [0.15, 0.2) is 28.2 Å². The summed E-state index contributed by atoms with van der Waals surface area (Å²) < 4.78 is 27.0. The first kappa shape index (κ1) is 17.4. The van der Waals surface area contributed by atoms with E-state index >= 15 is 0 Å². The van der Waals surface area contributed by atoms with Crippen molar-refractivity contribution >= 4 is 39.0 Å². The number of thiazole rings is 1. The van der Waals surface area contributed by atoms with Gasteiger partial charge in [0.2, 0.25) is 0 Å². The van der Waals surface area contributed by atoms with Crippen LogP contribution in [0.2, 0.25) is 0 Å². The van der Waals surface area contributed by atoms with Gasteiger partial charge in [-0.3, -0.25) is 4.72 Å². The number of likely N-dealkylation sites (tertiary alicyclic amines) is 1. The van der Waals surface area contributed by atoms with Crippen molar-refractivity contribution in [3.8, 4) is 0 Å². The van der Waals surface area contributed by atoms with Crippen LogP contribution in [0, 0.1) is 6.92 Å². The zero-order valence-electron chi connectivity index (χ0n) is 13.3. The van der Waals surface area contributed by atoms with Crippen molar-refractivity contribution in [3.05, 3.63) is 28.7 Å². The molecule has 0 saturated carbocycles. The fourth-order valence-electron chi connectivity index (χ4n) is 2.55. The molecule has 0 bridgehead atoms. The van der Waals surface area contributed by atoms with Crippen molar-refractivity contribution in [2.45, 2.75) is 24.4 Å². The second-order valence-electron chi connectivity index (χ2n) is 5.68. The van der Waals surface area contributed by atoms with E-state index in [1.165, 1.54) is 34.0 Å². The molecule has 9 nitrogen and oxygen atoms in total. The first-order chi connectivity index (χ1) is 11.8. The smallest absolute Gasteiger partial charge is 0.407 e. The molecular weight excluding hydrogens is 366 g/mol. The predicted molar refractivity (Wildman–Crippen MR) is 93.5 cm³/mol. The Morgan fingerprint density at radius 3 is 2.84 bits per heavy atom. The maximum Gasteiger partial charge on any atom is 0.407 e. The van der Waals surface area contributed by atoms with Crippen molar-refractivity contribution < 1.29 is 18.3 Å². The van der Waals surface area contributed by atoms with Crippen molar-refractivity contribution in [1.29, 1.82) is 0 Å². The molecular formula is C14H17N5O4S2. The predicted octanol–water partition coefficient (Wildman–Crippen LogP) is 1.81. The molecule has 3 rings (SSSR count). The molecule has 0 radical (unpaired) electrons. The number of aromatic nitrogens is 2. The second kappa shape index (κ2) is 6.84. The average molecular weight is 383 g/mol. The van der Waals surface area contributed by atoms with Crippen LogP contribution in [-0.2, 0) is 10.0 Å². The molecule has 3 heterocycles. The standard InChI is InChI=1S/C14H17N5O4S2/c1-9-4-13(25(22,23)18-12-7-24-8-16-12)15-5-11(9)17-10-2-3-19(6-10)14(20)21/h4-5,7-8,10,17-18H,2-3,6H2,1H3,(H,20,21). The van der Waals surface area contributed by atoms with Crippen LogP contribution >= 0.6 is 11.3 Å². The van der Waals surface area contributed by atoms with Crippen LogP contribution in [-0.4, -0.2) is 53.6 Å². The maximum absolute atomic E-state index is 12.3. The highest BCUT2D eigenvalue weighted by atomic mass is 32.2. The number of anilines is 2. The third-order valence-corrected chi connectivity index (χ3v) is 5.69. The van der Waals surface area contributed by atoms with E-state index in [0.29, 0.717) is 30.8 Å². The molecule has 3 N–H and O–H groups in total. The summed E-state index contributed by atoms with van der Waals surface area (Å²) in [7, 11) is -3.80. The normalized spacial score (nSPS) is 17.5. The molecule has 1 unspecified atom stereocenters. The van der Waals surface area contributed by atoms with E-state index in [1.54, 1.807) is 12.3 Å². The average Bonchev–Trinajstić information content (AvgIpc) is 3.20. The van der Waals surface area contributed by atoms with Crippen molar-refractivity contribution in [1.82, 2.24) is 14.9 Å². The molecule has 0 aromatic carbocycles. The molecule has 1 saturated heterocycles. The van der Waals surface area contributed by atoms with Gasteiger partial charge in [0, 0.05) is 24.5 Å². The van der Waals surface area contributed by atoms with E-state index in [9.17, 15) is 13.2 Å². The van der Waals surface area contributed by atoms with Crippen LogP contribution in [0.25, 0.3) is 0 Å². The minimum Gasteiger partial charge on any atom is -0.465 e. The summed E-state index contributed by atoms with van der Waals surface area (Å²) in [6.07, 6.45) is 1.21. The number of carboxylic acid groups (broad SMARTS) is 1. The summed E-state index contributed by atoms with van der Waals surface area (Å²) in [5.74, 6) is 0.256. The van der Waals surface area contributed by atoms with Crippen LogP contribution in [0.4, 0.5) is 16.3 Å². The van der Waals surface area contributed by atoms with Gasteiger partial charge < -0.3 is 15.3 Å². The molecule has 1 aliphatic heterocycles. The Labute approximate surface area is 148 Å². The number of pyridine rings is 1. The highest BCUT2D eigenvalue weighted by molar-refractivity contribution is 7.92. The van der Waals surface area contributed by atoms with Gasteiger partial charge in [0.1, 0.15) is 0 Å². The number of amides is 1. The minimum atomic E-state index is -3.80. The van der Waals surface area contributed by atoms with Gasteiger partial charge in [0.05, 0.1) is 17.4 Å². The number of hydrogen-bond donors (Lipinski definition) is 3. The van der Waals surface area contributed by atoms with E-state index in [2.05, 4.69) is 20.0 Å². The molecule has 1 fully saturated rings.